The van der Waals surface area contributed by atoms with Crippen LogP contribution in [0, 0.1) is 0 Å². The van der Waals surface area contributed by atoms with Gasteiger partial charge in [0, 0.05) is 11.8 Å². The van der Waals surface area contributed by atoms with E-state index in [9.17, 15) is 14.4 Å². The van der Waals surface area contributed by atoms with Crippen LogP contribution in [0.4, 0.5) is 5.13 Å². The molecule has 0 bridgehead atoms. The molecule has 1 aromatic heterocycles. The molecule has 0 spiro atoms. The summed E-state index contributed by atoms with van der Waals surface area (Å²) in [4.78, 5) is 41.3. The van der Waals surface area contributed by atoms with E-state index in [1.807, 2.05) is 36.4 Å². The lowest BCUT2D eigenvalue weighted by molar-refractivity contribution is -0.127. The van der Waals surface area contributed by atoms with Crippen LogP contribution in [0.1, 0.15) is 27.7 Å². The first-order valence-corrected chi connectivity index (χ1v) is 10.4. The number of thiazole rings is 1. The highest BCUT2D eigenvalue weighted by molar-refractivity contribution is 7.14. The second-order valence-electron chi connectivity index (χ2n) is 6.66. The molecular weight excluding hydrogens is 416 g/mol. The lowest BCUT2D eigenvalue weighted by atomic mass is 10.0. The molecule has 2 aromatic carbocycles. The largest absolute Gasteiger partial charge is 0.464 e. The molecule has 2 atom stereocenters. The van der Waals surface area contributed by atoms with E-state index in [-0.39, 0.29) is 17.2 Å². The molecule has 0 saturated carbocycles. The zero-order valence-electron chi connectivity index (χ0n) is 16.8. The first-order valence-electron chi connectivity index (χ1n) is 9.47. The zero-order chi connectivity index (χ0) is 22.2. The Balaban J connectivity index is 1.75. The highest BCUT2D eigenvalue weighted by atomic mass is 32.1. The van der Waals surface area contributed by atoms with Crippen molar-refractivity contribution in [3.63, 3.8) is 0 Å². The molecule has 3 rings (SSSR count). The molecule has 8 nitrogen and oxygen atoms in total. The van der Waals surface area contributed by atoms with Crippen LogP contribution >= 0.6 is 11.3 Å². The van der Waals surface area contributed by atoms with Crippen LogP contribution in [0.3, 0.4) is 0 Å². The second-order valence-corrected chi connectivity index (χ2v) is 7.52. The molecule has 0 radical (unpaired) electrons. The van der Waals surface area contributed by atoms with Crippen molar-refractivity contribution in [2.75, 3.05) is 12.4 Å². The second kappa shape index (κ2) is 10.5. The van der Waals surface area contributed by atoms with Gasteiger partial charge < -0.3 is 21.1 Å². The average Bonchev–Trinajstić information content (AvgIpc) is 3.27. The van der Waals surface area contributed by atoms with Gasteiger partial charge >= 0.3 is 5.97 Å². The number of amides is 2. The number of methoxy groups -OCH3 is 1. The van der Waals surface area contributed by atoms with Gasteiger partial charge in [0.15, 0.2) is 10.8 Å². The van der Waals surface area contributed by atoms with Crippen LogP contribution in [-0.4, -0.2) is 35.9 Å². The number of hydrogen-bond donors (Lipinski definition) is 3. The van der Waals surface area contributed by atoms with E-state index in [1.54, 1.807) is 24.3 Å². The van der Waals surface area contributed by atoms with Crippen molar-refractivity contribution in [3.05, 3.63) is 82.9 Å². The fourth-order valence-corrected chi connectivity index (χ4v) is 3.54. The lowest BCUT2D eigenvalue weighted by Crippen LogP contribution is -2.48. The summed E-state index contributed by atoms with van der Waals surface area (Å²) in [7, 11) is 1.25. The first-order chi connectivity index (χ1) is 15.0. The van der Waals surface area contributed by atoms with Crippen LogP contribution in [0.5, 0.6) is 0 Å². The fraction of sp³-hybridized carbons (Fsp3) is 0.182. The van der Waals surface area contributed by atoms with Gasteiger partial charge in [-0.3, -0.25) is 9.59 Å². The number of ether oxygens (including phenoxy) is 1. The van der Waals surface area contributed by atoms with Crippen molar-refractivity contribution in [3.8, 4) is 0 Å². The molecule has 160 valence electrons. The van der Waals surface area contributed by atoms with E-state index in [2.05, 4.69) is 20.4 Å². The topological polar surface area (TPSA) is 123 Å². The number of esters is 1. The zero-order valence-corrected chi connectivity index (χ0v) is 17.6. The number of nitrogens with two attached hydrogens (primary N) is 1. The Morgan fingerprint density at radius 3 is 2.32 bits per heavy atom. The predicted octanol–water partition coefficient (Wildman–Crippen LogP) is 2.30. The molecule has 1 heterocycles. The molecule has 0 aliphatic carbocycles. The number of nitrogens with zero attached hydrogens (tertiary/aromatic N) is 1. The Hall–Kier alpha value is -3.56. The summed E-state index contributed by atoms with van der Waals surface area (Å²) < 4.78 is 4.62. The van der Waals surface area contributed by atoms with Crippen molar-refractivity contribution in [1.29, 1.82) is 0 Å². The van der Waals surface area contributed by atoms with E-state index in [4.69, 9.17) is 5.73 Å². The number of carbonyl (C=O) groups excluding carboxylic acids is 3. The summed E-state index contributed by atoms with van der Waals surface area (Å²) in [5.74, 6) is -1.54. The third kappa shape index (κ3) is 5.97. The molecule has 3 aromatic rings. The highest BCUT2D eigenvalue weighted by Crippen LogP contribution is 2.17. The van der Waals surface area contributed by atoms with Gasteiger partial charge in [0.2, 0.25) is 11.8 Å². The lowest BCUT2D eigenvalue weighted by Gasteiger charge is -2.20. The van der Waals surface area contributed by atoms with E-state index in [1.165, 1.54) is 12.5 Å². The Morgan fingerprint density at radius 1 is 1.03 bits per heavy atom. The number of rotatable bonds is 8. The first kappa shape index (κ1) is 22.1. The molecule has 4 N–H and O–H groups in total. The highest BCUT2D eigenvalue weighted by Gasteiger charge is 2.26. The summed E-state index contributed by atoms with van der Waals surface area (Å²) in [5, 5.41) is 7.10. The summed E-state index contributed by atoms with van der Waals surface area (Å²) >= 11 is 1.09. The monoisotopic (exact) mass is 438 g/mol. The molecule has 0 unspecified atom stereocenters. The number of hydrogen-bond acceptors (Lipinski definition) is 7. The quantitative estimate of drug-likeness (QED) is 0.464. The van der Waals surface area contributed by atoms with Gasteiger partial charge in [-0.1, -0.05) is 60.7 Å². The Labute approximate surface area is 183 Å². The maximum atomic E-state index is 12.9. The average molecular weight is 439 g/mol. The summed E-state index contributed by atoms with van der Waals surface area (Å²) in [6.45, 7) is 0. The van der Waals surface area contributed by atoms with Crippen molar-refractivity contribution in [1.82, 2.24) is 10.3 Å². The number of nitrogens with one attached hydrogen (secondary N) is 2. The number of aromatic nitrogens is 1. The fourth-order valence-electron chi connectivity index (χ4n) is 2.85. The van der Waals surface area contributed by atoms with Gasteiger partial charge in [-0.05, 0) is 11.1 Å². The van der Waals surface area contributed by atoms with E-state index >= 15 is 0 Å². The molecular formula is C22H22N4O4S. The van der Waals surface area contributed by atoms with Crippen LogP contribution < -0.4 is 16.4 Å². The molecule has 31 heavy (non-hydrogen) atoms. The van der Waals surface area contributed by atoms with Crippen molar-refractivity contribution in [2.45, 2.75) is 18.5 Å². The normalized spacial score (nSPS) is 12.5. The van der Waals surface area contributed by atoms with Crippen molar-refractivity contribution >= 4 is 34.3 Å². The molecule has 9 heteroatoms. The van der Waals surface area contributed by atoms with Gasteiger partial charge in [-0.15, -0.1) is 11.3 Å². The molecule has 0 saturated heterocycles. The third-order valence-electron chi connectivity index (χ3n) is 4.49. The Morgan fingerprint density at radius 2 is 1.68 bits per heavy atom. The number of anilines is 1. The van der Waals surface area contributed by atoms with Gasteiger partial charge in [-0.25, -0.2) is 9.78 Å². The standard InChI is InChI=1S/C22H22N4O4S/c1-30-21(29)17-13-31-22(25-17)26-19(27)16(12-14-8-4-2-5-9-14)24-20(28)18(23)15-10-6-3-7-11-15/h2-11,13,16,18H,12,23H2,1H3,(H,24,28)(H,25,26,27)/t16-,18+/m0/s1. The van der Waals surface area contributed by atoms with Gasteiger partial charge in [0.05, 0.1) is 7.11 Å². The molecule has 0 fully saturated rings. The molecule has 0 aliphatic rings. The van der Waals surface area contributed by atoms with Crippen LogP contribution in [-0.2, 0) is 20.7 Å². The maximum absolute atomic E-state index is 12.9. The number of benzene rings is 2. The summed E-state index contributed by atoms with van der Waals surface area (Å²) in [5.41, 5.74) is 7.68. The Kier molecular flexibility index (Phi) is 7.47. The summed E-state index contributed by atoms with van der Waals surface area (Å²) in [6.07, 6.45) is 0.259. The molecule has 2 amide bonds. The minimum absolute atomic E-state index is 0.0949. The predicted molar refractivity (Wildman–Crippen MR) is 118 cm³/mol. The van der Waals surface area contributed by atoms with Crippen molar-refractivity contribution < 1.29 is 19.1 Å². The smallest absolute Gasteiger partial charge is 0.357 e. The Bertz CT molecular complexity index is 1040. The molecule has 0 aliphatic heterocycles. The van der Waals surface area contributed by atoms with E-state index in [0.29, 0.717) is 5.56 Å². The van der Waals surface area contributed by atoms with Gasteiger partial charge in [0.1, 0.15) is 12.1 Å². The van der Waals surface area contributed by atoms with Crippen LogP contribution in [0.25, 0.3) is 0 Å². The number of carbonyl (C=O) groups is 3. The SMILES string of the molecule is COC(=O)c1csc(NC(=O)[C@H](Cc2ccccc2)NC(=O)[C@H](N)c2ccccc2)n1. The summed E-state index contributed by atoms with van der Waals surface area (Å²) in [6, 6.07) is 16.4. The maximum Gasteiger partial charge on any atom is 0.357 e. The minimum Gasteiger partial charge on any atom is -0.464 e. The van der Waals surface area contributed by atoms with Crippen LogP contribution in [0.15, 0.2) is 66.0 Å². The van der Waals surface area contributed by atoms with Gasteiger partial charge in [0.25, 0.3) is 0 Å². The minimum atomic E-state index is -0.918. The van der Waals surface area contributed by atoms with Crippen LogP contribution in [0.2, 0.25) is 0 Å². The van der Waals surface area contributed by atoms with E-state index < -0.39 is 29.9 Å². The van der Waals surface area contributed by atoms with E-state index in [0.717, 1.165) is 16.9 Å². The van der Waals surface area contributed by atoms with Gasteiger partial charge in [-0.2, -0.15) is 0 Å². The van der Waals surface area contributed by atoms with Crippen molar-refractivity contribution in [2.24, 2.45) is 5.73 Å². The third-order valence-corrected chi connectivity index (χ3v) is 5.24.